The van der Waals surface area contributed by atoms with E-state index < -0.39 is 0 Å². The zero-order valence-corrected chi connectivity index (χ0v) is 9.98. The molecule has 4 heteroatoms. The molecule has 1 amide bonds. The summed E-state index contributed by atoms with van der Waals surface area (Å²) in [4.78, 5) is 15.4. The normalized spacial score (nSPS) is 14.6. The molecular formula is C13H19N3O. The van der Waals surface area contributed by atoms with E-state index in [9.17, 15) is 4.79 Å². The summed E-state index contributed by atoms with van der Waals surface area (Å²) in [6, 6.07) is 4.02. The van der Waals surface area contributed by atoms with Gasteiger partial charge in [0.1, 0.15) is 0 Å². The Morgan fingerprint density at radius 3 is 2.94 bits per heavy atom. The van der Waals surface area contributed by atoms with E-state index in [1.165, 1.54) is 5.56 Å². The van der Waals surface area contributed by atoms with Crippen LogP contribution in [-0.2, 0) is 11.2 Å². The highest BCUT2D eigenvalue weighted by atomic mass is 16.2. The molecule has 4 nitrogen and oxygen atoms in total. The van der Waals surface area contributed by atoms with Gasteiger partial charge >= 0.3 is 0 Å². The Morgan fingerprint density at radius 2 is 2.24 bits per heavy atom. The van der Waals surface area contributed by atoms with Crippen molar-refractivity contribution in [2.45, 2.75) is 19.3 Å². The van der Waals surface area contributed by atoms with Gasteiger partial charge < -0.3 is 10.6 Å². The van der Waals surface area contributed by atoms with Crippen molar-refractivity contribution >= 4 is 5.91 Å². The van der Waals surface area contributed by atoms with E-state index in [-0.39, 0.29) is 5.91 Å². The van der Waals surface area contributed by atoms with Gasteiger partial charge in [-0.15, -0.1) is 0 Å². The van der Waals surface area contributed by atoms with Gasteiger partial charge in [-0.1, -0.05) is 6.07 Å². The lowest BCUT2D eigenvalue weighted by atomic mass is 10.2. The molecule has 1 fully saturated rings. The van der Waals surface area contributed by atoms with Crippen LogP contribution in [0.3, 0.4) is 0 Å². The smallest absolute Gasteiger partial charge is 0.223 e. The second kappa shape index (κ2) is 6.35. The van der Waals surface area contributed by atoms with Crippen LogP contribution in [-0.4, -0.2) is 30.5 Å². The second-order valence-electron chi connectivity index (χ2n) is 4.43. The zero-order valence-electron chi connectivity index (χ0n) is 9.98. The van der Waals surface area contributed by atoms with E-state index in [0.717, 1.165) is 38.9 Å². The third-order valence-corrected chi connectivity index (χ3v) is 2.86. The van der Waals surface area contributed by atoms with Gasteiger partial charge in [0, 0.05) is 31.4 Å². The van der Waals surface area contributed by atoms with Crippen molar-refractivity contribution in [3.63, 3.8) is 0 Å². The van der Waals surface area contributed by atoms with Gasteiger partial charge in [-0.05, 0) is 37.4 Å². The Bertz CT molecular complexity index is 349. The molecule has 1 aliphatic carbocycles. The van der Waals surface area contributed by atoms with Gasteiger partial charge in [0.15, 0.2) is 0 Å². The van der Waals surface area contributed by atoms with Crippen molar-refractivity contribution in [2.24, 2.45) is 5.92 Å². The average Bonchev–Trinajstić information content (AvgIpc) is 3.19. The van der Waals surface area contributed by atoms with Crippen LogP contribution in [0.5, 0.6) is 0 Å². The Kier molecular flexibility index (Phi) is 4.50. The largest absolute Gasteiger partial charge is 0.355 e. The number of rotatable bonds is 7. The lowest BCUT2D eigenvalue weighted by molar-refractivity contribution is -0.122. The Hall–Kier alpha value is -1.42. The Morgan fingerprint density at radius 1 is 1.35 bits per heavy atom. The molecule has 0 atom stereocenters. The zero-order chi connectivity index (χ0) is 11.9. The number of nitrogens with one attached hydrogen (secondary N) is 2. The fourth-order valence-corrected chi connectivity index (χ4v) is 1.67. The molecule has 0 aromatic carbocycles. The van der Waals surface area contributed by atoms with Crippen molar-refractivity contribution < 1.29 is 4.79 Å². The van der Waals surface area contributed by atoms with Gasteiger partial charge in [0.2, 0.25) is 5.91 Å². The predicted molar refractivity (Wildman–Crippen MR) is 66.5 cm³/mol. The number of carbonyl (C=O) groups is 1. The van der Waals surface area contributed by atoms with Crippen LogP contribution in [0.1, 0.15) is 18.4 Å². The van der Waals surface area contributed by atoms with Crippen LogP contribution >= 0.6 is 0 Å². The minimum Gasteiger partial charge on any atom is -0.355 e. The van der Waals surface area contributed by atoms with Gasteiger partial charge in [-0.2, -0.15) is 0 Å². The number of nitrogens with zero attached hydrogens (tertiary/aromatic N) is 1. The third-order valence-electron chi connectivity index (χ3n) is 2.86. The summed E-state index contributed by atoms with van der Waals surface area (Å²) in [6.45, 7) is 2.48. The summed E-state index contributed by atoms with van der Waals surface area (Å²) >= 11 is 0. The molecule has 0 bridgehead atoms. The number of pyridine rings is 1. The molecule has 0 saturated heterocycles. The fraction of sp³-hybridized carbons (Fsp3) is 0.538. The van der Waals surface area contributed by atoms with Crippen LogP contribution in [0.4, 0.5) is 0 Å². The molecule has 1 aliphatic rings. The first-order valence-electron chi connectivity index (χ1n) is 6.23. The summed E-state index contributed by atoms with van der Waals surface area (Å²) in [5, 5.41) is 6.24. The monoisotopic (exact) mass is 233 g/mol. The maximum absolute atomic E-state index is 11.3. The highest BCUT2D eigenvalue weighted by Gasteiger charge is 2.28. The summed E-state index contributed by atoms with van der Waals surface area (Å²) < 4.78 is 0. The van der Waals surface area contributed by atoms with Crippen molar-refractivity contribution in [1.29, 1.82) is 0 Å². The standard InChI is InChI=1S/C13H19N3O/c17-13(12-3-4-12)16-9-8-14-7-5-11-2-1-6-15-10-11/h1-2,6,10,12,14H,3-5,7-9H2,(H,16,17). The van der Waals surface area contributed by atoms with Gasteiger partial charge in [-0.25, -0.2) is 0 Å². The number of carbonyl (C=O) groups excluding carboxylic acids is 1. The molecular weight excluding hydrogens is 214 g/mol. The van der Waals surface area contributed by atoms with E-state index in [1.807, 2.05) is 12.3 Å². The summed E-state index contributed by atoms with van der Waals surface area (Å²) in [6.07, 6.45) is 6.78. The molecule has 0 radical (unpaired) electrons. The minimum absolute atomic E-state index is 0.221. The lowest BCUT2D eigenvalue weighted by Gasteiger charge is -2.06. The molecule has 92 valence electrons. The average molecular weight is 233 g/mol. The molecule has 1 aromatic heterocycles. The van der Waals surface area contributed by atoms with Gasteiger partial charge in [0.05, 0.1) is 0 Å². The topological polar surface area (TPSA) is 54.0 Å². The molecule has 2 rings (SSSR count). The van der Waals surface area contributed by atoms with Crippen LogP contribution in [0.25, 0.3) is 0 Å². The molecule has 1 aromatic rings. The van der Waals surface area contributed by atoms with E-state index >= 15 is 0 Å². The van der Waals surface area contributed by atoms with Crippen molar-refractivity contribution in [2.75, 3.05) is 19.6 Å². The number of hydrogen-bond acceptors (Lipinski definition) is 3. The SMILES string of the molecule is O=C(NCCNCCc1cccnc1)C1CC1. The number of hydrogen-bond donors (Lipinski definition) is 2. The van der Waals surface area contributed by atoms with Crippen LogP contribution in [0.2, 0.25) is 0 Å². The summed E-state index contributed by atoms with van der Waals surface area (Å²) in [7, 11) is 0. The number of aromatic nitrogens is 1. The van der Waals surface area contributed by atoms with Gasteiger partial charge in [-0.3, -0.25) is 9.78 Å². The molecule has 1 saturated carbocycles. The first-order chi connectivity index (χ1) is 8.36. The first kappa shape index (κ1) is 12.0. The molecule has 0 unspecified atom stereocenters. The Labute approximate surface area is 102 Å². The number of amides is 1. The summed E-state index contributed by atoms with van der Waals surface area (Å²) in [5.74, 6) is 0.532. The molecule has 0 spiro atoms. The predicted octanol–water partition coefficient (Wildman–Crippen LogP) is 0.740. The molecule has 0 aliphatic heterocycles. The van der Waals surface area contributed by atoms with E-state index in [2.05, 4.69) is 21.7 Å². The van der Waals surface area contributed by atoms with E-state index in [1.54, 1.807) is 6.20 Å². The molecule has 1 heterocycles. The third kappa shape index (κ3) is 4.53. The van der Waals surface area contributed by atoms with Crippen LogP contribution in [0, 0.1) is 5.92 Å². The Balaban J connectivity index is 1.47. The highest BCUT2D eigenvalue weighted by molar-refractivity contribution is 5.80. The van der Waals surface area contributed by atoms with Gasteiger partial charge in [0.25, 0.3) is 0 Å². The second-order valence-corrected chi connectivity index (χ2v) is 4.43. The van der Waals surface area contributed by atoms with E-state index in [4.69, 9.17) is 0 Å². The highest BCUT2D eigenvalue weighted by Crippen LogP contribution is 2.28. The van der Waals surface area contributed by atoms with Crippen molar-refractivity contribution in [1.82, 2.24) is 15.6 Å². The lowest BCUT2D eigenvalue weighted by Crippen LogP contribution is -2.33. The van der Waals surface area contributed by atoms with Crippen LogP contribution < -0.4 is 10.6 Å². The van der Waals surface area contributed by atoms with E-state index in [0.29, 0.717) is 5.92 Å². The maximum atomic E-state index is 11.3. The summed E-state index contributed by atoms with van der Waals surface area (Å²) in [5.41, 5.74) is 1.24. The maximum Gasteiger partial charge on any atom is 0.223 e. The first-order valence-corrected chi connectivity index (χ1v) is 6.23. The molecule has 17 heavy (non-hydrogen) atoms. The van der Waals surface area contributed by atoms with Crippen molar-refractivity contribution in [3.8, 4) is 0 Å². The molecule has 2 N–H and O–H groups in total. The minimum atomic E-state index is 0.221. The van der Waals surface area contributed by atoms with Crippen LogP contribution in [0.15, 0.2) is 24.5 Å². The fourth-order valence-electron chi connectivity index (χ4n) is 1.67. The quantitative estimate of drug-likeness (QED) is 0.683. The van der Waals surface area contributed by atoms with Crippen molar-refractivity contribution in [3.05, 3.63) is 30.1 Å².